The monoisotopic (exact) mass is 488 g/mol. The van der Waals surface area contributed by atoms with Crippen molar-refractivity contribution in [2.24, 2.45) is 0 Å². The quantitative estimate of drug-likeness (QED) is 0.241. The Labute approximate surface area is 203 Å². The van der Waals surface area contributed by atoms with E-state index >= 15 is 0 Å². The topological polar surface area (TPSA) is 104 Å². The Bertz CT molecular complexity index is 1430. The van der Waals surface area contributed by atoms with Gasteiger partial charge < -0.3 is 20.2 Å². The second kappa shape index (κ2) is 8.79. The molecule has 2 atom stereocenters. The Morgan fingerprint density at radius 3 is 2.03 bits per heavy atom. The fourth-order valence-corrected chi connectivity index (χ4v) is 6.25. The van der Waals surface area contributed by atoms with Crippen LogP contribution in [-0.2, 0) is 0 Å². The predicted molar refractivity (Wildman–Crippen MR) is 137 cm³/mol. The zero-order chi connectivity index (χ0) is 23.1. The highest BCUT2D eigenvalue weighted by Gasteiger charge is 2.44. The van der Waals surface area contributed by atoms with Crippen LogP contribution in [0.3, 0.4) is 0 Å². The summed E-state index contributed by atoms with van der Waals surface area (Å²) in [6.07, 6.45) is 0. The van der Waals surface area contributed by atoms with Gasteiger partial charge in [-0.1, -0.05) is 59.9 Å². The maximum atomic E-state index is 13.4. The number of hydrogen-bond acceptors (Lipinski definition) is 7. The Kier molecular flexibility index (Phi) is 5.48. The number of aromatic nitrogens is 4. The highest BCUT2D eigenvalue weighted by atomic mass is 32.2. The standard InChI is InChI=1S/C24H20N6O2S2/c31-29-19-11-5-6-12-20(19)30(32)22(14-34-24-27-17-9-3-4-10-18(17)28-24)21(29)13-33-23-25-15-7-1-2-8-16(15)26-23/h1-12,21-22H,13-14H2,(H,25,26)(H,27,28)/t21-,22-/m1/s1. The first-order chi connectivity index (χ1) is 16.7. The number of fused-ring (bicyclic) bond motifs is 3. The Morgan fingerprint density at radius 2 is 1.38 bits per heavy atom. The first-order valence-corrected chi connectivity index (χ1v) is 12.8. The summed E-state index contributed by atoms with van der Waals surface area (Å²) in [5.74, 6) is 0.837. The fraction of sp³-hybridized carbons (Fsp3) is 0.167. The van der Waals surface area contributed by atoms with Gasteiger partial charge in [0.05, 0.1) is 33.9 Å². The summed E-state index contributed by atoms with van der Waals surface area (Å²) >= 11 is 2.91. The van der Waals surface area contributed by atoms with E-state index in [-0.39, 0.29) is 0 Å². The SMILES string of the molecule is O=[N+]1c2ccccc2N([O-])[C@H](CSc2nc3ccccc3[nH]2)[C@H]1CSc1nc2ccccc2[nH]1. The van der Waals surface area contributed by atoms with Gasteiger partial charge in [0, 0.05) is 21.5 Å². The molecule has 2 N–H and O–H groups in total. The molecule has 170 valence electrons. The van der Waals surface area contributed by atoms with Crippen molar-refractivity contribution in [3.63, 3.8) is 0 Å². The zero-order valence-electron chi connectivity index (χ0n) is 17.9. The molecule has 10 heteroatoms. The minimum Gasteiger partial charge on any atom is -0.758 e. The molecule has 0 amide bonds. The number of anilines is 1. The average molecular weight is 489 g/mol. The second-order valence-electron chi connectivity index (χ2n) is 8.02. The van der Waals surface area contributed by atoms with Crippen LogP contribution in [0.5, 0.6) is 0 Å². The molecule has 8 nitrogen and oxygen atoms in total. The lowest BCUT2D eigenvalue weighted by Gasteiger charge is -2.42. The van der Waals surface area contributed by atoms with Gasteiger partial charge in [-0.05, 0) is 30.3 Å². The van der Waals surface area contributed by atoms with Crippen molar-refractivity contribution in [1.82, 2.24) is 19.9 Å². The number of para-hydroxylation sites is 6. The van der Waals surface area contributed by atoms with Gasteiger partial charge in [0.2, 0.25) is 6.04 Å². The van der Waals surface area contributed by atoms with Crippen molar-refractivity contribution in [1.29, 1.82) is 0 Å². The van der Waals surface area contributed by atoms with Crippen molar-refractivity contribution in [2.75, 3.05) is 16.6 Å². The number of rotatable bonds is 6. The van der Waals surface area contributed by atoms with E-state index in [4.69, 9.17) is 0 Å². The van der Waals surface area contributed by atoms with Crippen LogP contribution in [0.15, 0.2) is 83.1 Å². The van der Waals surface area contributed by atoms with E-state index in [2.05, 4.69) is 19.9 Å². The molecule has 0 saturated heterocycles. The molecule has 0 unspecified atom stereocenters. The van der Waals surface area contributed by atoms with Crippen molar-refractivity contribution in [2.45, 2.75) is 22.4 Å². The third kappa shape index (κ3) is 3.83. The van der Waals surface area contributed by atoms with Crippen LogP contribution in [0.2, 0.25) is 0 Å². The molecule has 0 radical (unpaired) electrons. The first kappa shape index (κ1) is 21.2. The molecule has 2 aromatic heterocycles. The van der Waals surface area contributed by atoms with Crippen LogP contribution in [0.25, 0.3) is 22.1 Å². The number of thioether (sulfide) groups is 2. The molecule has 6 rings (SSSR count). The van der Waals surface area contributed by atoms with Crippen molar-refractivity contribution < 1.29 is 4.76 Å². The molecular weight excluding hydrogens is 468 g/mol. The number of hydrogen-bond donors (Lipinski definition) is 2. The molecule has 34 heavy (non-hydrogen) atoms. The Morgan fingerprint density at radius 1 is 0.824 bits per heavy atom. The van der Waals surface area contributed by atoms with Gasteiger partial charge in [-0.25, -0.2) is 9.97 Å². The number of nitrogens with one attached hydrogen (secondary N) is 2. The van der Waals surface area contributed by atoms with Crippen molar-refractivity contribution in [3.05, 3.63) is 82.9 Å². The summed E-state index contributed by atoms with van der Waals surface area (Å²) in [7, 11) is 0. The van der Waals surface area contributed by atoms with Gasteiger partial charge >= 0.3 is 0 Å². The van der Waals surface area contributed by atoms with Crippen LogP contribution in [0.1, 0.15) is 0 Å². The van der Waals surface area contributed by atoms with Crippen LogP contribution in [0.4, 0.5) is 11.4 Å². The maximum absolute atomic E-state index is 13.4. The normalized spacial score (nSPS) is 18.0. The molecular formula is C24H20N6O2S2. The van der Waals surface area contributed by atoms with E-state index in [1.165, 1.54) is 23.5 Å². The highest BCUT2D eigenvalue weighted by molar-refractivity contribution is 7.99. The van der Waals surface area contributed by atoms with Gasteiger partial charge in [0.25, 0.3) is 5.69 Å². The maximum Gasteiger partial charge on any atom is 0.278 e. The smallest absolute Gasteiger partial charge is 0.278 e. The number of imidazole rings is 2. The van der Waals surface area contributed by atoms with Gasteiger partial charge in [-0.3, -0.25) is 0 Å². The van der Waals surface area contributed by atoms with Crippen LogP contribution < -0.4 is 5.06 Å². The van der Waals surface area contributed by atoms with E-state index in [0.29, 0.717) is 22.9 Å². The fourth-order valence-electron chi connectivity index (χ4n) is 4.19. The highest BCUT2D eigenvalue weighted by Crippen LogP contribution is 2.39. The van der Waals surface area contributed by atoms with E-state index in [1.807, 2.05) is 48.5 Å². The summed E-state index contributed by atoms with van der Waals surface area (Å²) in [6, 6.07) is 21.5. The van der Waals surface area contributed by atoms with E-state index in [0.717, 1.165) is 42.2 Å². The van der Waals surface area contributed by atoms with Crippen LogP contribution >= 0.6 is 23.5 Å². The summed E-state index contributed by atoms with van der Waals surface area (Å²) in [4.78, 5) is 29.2. The summed E-state index contributed by atoms with van der Waals surface area (Å²) in [6.45, 7) is 0. The number of benzene rings is 3. The Hall–Kier alpha value is -3.34. The molecule has 1 aliphatic heterocycles. The van der Waals surface area contributed by atoms with E-state index in [1.54, 1.807) is 24.3 Å². The molecule has 0 spiro atoms. The van der Waals surface area contributed by atoms with Crippen LogP contribution in [0, 0.1) is 10.1 Å². The summed E-state index contributed by atoms with van der Waals surface area (Å²) in [5, 5.41) is 15.8. The molecule has 0 saturated carbocycles. The first-order valence-electron chi connectivity index (χ1n) is 10.8. The molecule has 3 aromatic carbocycles. The Balaban J connectivity index is 1.26. The van der Waals surface area contributed by atoms with E-state index < -0.39 is 12.1 Å². The lowest BCUT2D eigenvalue weighted by molar-refractivity contribution is -0.505. The van der Waals surface area contributed by atoms with Gasteiger partial charge in [0.1, 0.15) is 5.69 Å². The predicted octanol–water partition coefficient (Wildman–Crippen LogP) is 5.49. The number of aromatic amines is 2. The zero-order valence-corrected chi connectivity index (χ0v) is 19.6. The third-order valence-electron chi connectivity index (χ3n) is 5.92. The average Bonchev–Trinajstić information content (AvgIpc) is 3.48. The third-order valence-corrected chi connectivity index (χ3v) is 7.87. The van der Waals surface area contributed by atoms with Gasteiger partial charge in [-0.15, -0.1) is 0 Å². The molecule has 0 aliphatic carbocycles. The van der Waals surface area contributed by atoms with E-state index in [9.17, 15) is 10.1 Å². The summed E-state index contributed by atoms with van der Waals surface area (Å²) < 4.78 is 0.989. The number of nitrogens with zero attached hydrogens (tertiary/aromatic N) is 4. The van der Waals surface area contributed by atoms with Gasteiger partial charge in [0.15, 0.2) is 10.3 Å². The number of H-pyrrole nitrogens is 2. The lowest BCUT2D eigenvalue weighted by atomic mass is 10.1. The molecule has 0 bridgehead atoms. The minimum atomic E-state index is -0.553. The second-order valence-corrected chi connectivity index (χ2v) is 10.0. The summed E-state index contributed by atoms with van der Waals surface area (Å²) in [5.41, 5.74) is 4.44. The molecule has 1 aliphatic rings. The van der Waals surface area contributed by atoms with Crippen LogP contribution in [-0.4, -0.2) is 48.3 Å². The minimum absolute atomic E-state index is 0.401. The molecule has 0 fully saturated rings. The molecule has 5 aromatic rings. The number of nitroso groups, excluding NO2 is 1. The van der Waals surface area contributed by atoms with Crippen molar-refractivity contribution in [3.8, 4) is 0 Å². The lowest BCUT2D eigenvalue weighted by Crippen LogP contribution is -2.51. The largest absolute Gasteiger partial charge is 0.758 e. The van der Waals surface area contributed by atoms with Crippen molar-refractivity contribution >= 4 is 57.0 Å². The molecule has 3 heterocycles. The number of hydroxylamine groups is 1. The van der Waals surface area contributed by atoms with Gasteiger partial charge in [-0.2, -0.15) is 0 Å².